The molecule has 1 heterocycles. The van der Waals surface area contributed by atoms with Crippen LogP contribution in [0.3, 0.4) is 0 Å². The van der Waals surface area contributed by atoms with Crippen LogP contribution >= 0.6 is 12.2 Å². The van der Waals surface area contributed by atoms with Gasteiger partial charge in [-0.25, -0.2) is 4.98 Å². The number of hydrogen-bond acceptors (Lipinski definition) is 2. The summed E-state index contributed by atoms with van der Waals surface area (Å²) in [5.74, 6) is 0. The lowest BCUT2D eigenvalue weighted by Crippen LogP contribution is -2.11. The van der Waals surface area contributed by atoms with Crippen molar-refractivity contribution in [2.24, 2.45) is 5.73 Å². The number of nitrogens with two attached hydrogens (primary N) is 1. The average molecular weight is 230 g/mol. The molecular formula is C13H14N2S. The van der Waals surface area contributed by atoms with E-state index >= 15 is 0 Å². The van der Waals surface area contributed by atoms with E-state index in [1.807, 2.05) is 12.1 Å². The number of fused-ring (bicyclic) bond motifs is 1. The van der Waals surface area contributed by atoms with Crippen LogP contribution < -0.4 is 5.73 Å². The maximum atomic E-state index is 5.60. The monoisotopic (exact) mass is 230 g/mol. The first-order valence-corrected chi connectivity index (χ1v) is 5.72. The van der Waals surface area contributed by atoms with E-state index < -0.39 is 0 Å². The normalized spacial score (nSPS) is 10.6. The highest BCUT2D eigenvalue weighted by molar-refractivity contribution is 7.80. The molecule has 0 saturated heterocycles. The van der Waals surface area contributed by atoms with Gasteiger partial charge >= 0.3 is 0 Å². The van der Waals surface area contributed by atoms with Gasteiger partial charge in [0.25, 0.3) is 0 Å². The van der Waals surface area contributed by atoms with Crippen molar-refractivity contribution < 1.29 is 0 Å². The van der Waals surface area contributed by atoms with E-state index in [0.29, 0.717) is 10.7 Å². The third kappa shape index (κ3) is 1.91. The fraction of sp³-hybridized carbons (Fsp3) is 0.231. The lowest BCUT2D eigenvalue weighted by atomic mass is 10.0. The van der Waals surface area contributed by atoms with E-state index in [0.717, 1.165) is 11.9 Å². The fourth-order valence-corrected chi connectivity index (χ4v) is 1.89. The first-order chi connectivity index (χ1) is 7.61. The van der Waals surface area contributed by atoms with Crippen LogP contribution in [0.25, 0.3) is 10.9 Å². The van der Waals surface area contributed by atoms with Crippen LogP contribution in [0.2, 0.25) is 0 Å². The van der Waals surface area contributed by atoms with E-state index in [-0.39, 0.29) is 0 Å². The number of benzene rings is 1. The van der Waals surface area contributed by atoms with Gasteiger partial charge in [0.2, 0.25) is 0 Å². The topological polar surface area (TPSA) is 38.9 Å². The largest absolute Gasteiger partial charge is 0.388 e. The predicted molar refractivity (Wildman–Crippen MR) is 71.7 cm³/mol. The molecule has 0 unspecified atom stereocenters. The van der Waals surface area contributed by atoms with Crippen molar-refractivity contribution in [1.82, 2.24) is 4.98 Å². The van der Waals surface area contributed by atoms with Gasteiger partial charge in [0.15, 0.2) is 0 Å². The Bertz CT molecular complexity index is 561. The molecule has 0 saturated carbocycles. The lowest BCUT2D eigenvalue weighted by molar-refractivity contribution is 1.14. The number of pyridine rings is 1. The van der Waals surface area contributed by atoms with E-state index in [2.05, 4.69) is 31.0 Å². The van der Waals surface area contributed by atoms with E-state index in [1.54, 1.807) is 0 Å². The highest BCUT2D eigenvalue weighted by atomic mass is 32.1. The third-order valence-electron chi connectivity index (χ3n) is 2.74. The molecule has 0 spiro atoms. The summed E-state index contributed by atoms with van der Waals surface area (Å²) in [6, 6.07) is 8.26. The third-order valence-corrected chi connectivity index (χ3v) is 2.95. The number of nitrogens with zero attached hydrogens (tertiary/aromatic N) is 1. The first kappa shape index (κ1) is 11.0. The molecule has 3 heteroatoms. The molecule has 2 rings (SSSR count). The molecule has 0 aliphatic carbocycles. The van der Waals surface area contributed by atoms with Crippen LogP contribution in [-0.2, 0) is 6.42 Å². The molecule has 0 aliphatic heterocycles. The summed E-state index contributed by atoms with van der Waals surface area (Å²) in [5, 5.41) is 1.18. The second-order valence-electron chi connectivity index (χ2n) is 3.89. The Kier molecular flexibility index (Phi) is 2.88. The molecule has 0 fully saturated rings. The summed E-state index contributed by atoms with van der Waals surface area (Å²) in [5.41, 5.74) is 9.74. The standard InChI is InChI=1S/C13H14N2S/c1-3-9-4-5-11-10(7-9)8(2)6-12(15-11)13(14)16/h4-7H,3H2,1-2H3,(H2,14,16). The molecule has 0 radical (unpaired) electrons. The van der Waals surface area contributed by atoms with Crippen LogP contribution in [0, 0.1) is 6.92 Å². The molecule has 0 atom stereocenters. The predicted octanol–water partition coefficient (Wildman–Crippen LogP) is 2.74. The molecule has 16 heavy (non-hydrogen) atoms. The molecule has 2 nitrogen and oxygen atoms in total. The lowest BCUT2D eigenvalue weighted by Gasteiger charge is -2.06. The van der Waals surface area contributed by atoms with E-state index in [1.165, 1.54) is 16.5 Å². The van der Waals surface area contributed by atoms with Crippen molar-refractivity contribution in [3.63, 3.8) is 0 Å². The quantitative estimate of drug-likeness (QED) is 0.806. The van der Waals surface area contributed by atoms with Gasteiger partial charge in [0.1, 0.15) is 4.99 Å². The molecule has 2 N–H and O–H groups in total. The Morgan fingerprint density at radius 3 is 2.75 bits per heavy atom. The summed E-state index contributed by atoms with van der Waals surface area (Å²) < 4.78 is 0. The van der Waals surface area contributed by atoms with Gasteiger partial charge in [-0.15, -0.1) is 0 Å². The van der Waals surface area contributed by atoms with Crippen molar-refractivity contribution in [3.05, 3.63) is 41.1 Å². The van der Waals surface area contributed by atoms with Crippen molar-refractivity contribution in [2.45, 2.75) is 20.3 Å². The van der Waals surface area contributed by atoms with Crippen molar-refractivity contribution in [2.75, 3.05) is 0 Å². The number of rotatable bonds is 2. The van der Waals surface area contributed by atoms with Crippen LogP contribution in [0.5, 0.6) is 0 Å². The summed E-state index contributed by atoms with van der Waals surface area (Å²) in [6.45, 7) is 4.21. The Hall–Kier alpha value is -1.48. The molecule has 1 aromatic carbocycles. The average Bonchev–Trinajstić information content (AvgIpc) is 2.28. The summed E-state index contributed by atoms with van der Waals surface area (Å²) in [7, 11) is 0. The maximum absolute atomic E-state index is 5.60. The van der Waals surface area contributed by atoms with Gasteiger partial charge in [-0.2, -0.15) is 0 Å². The minimum atomic E-state index is 0.351. The summed E-state index contributed by atoms with van der Waals surface area (Å²) in [6.07, 6.45) is 1.03. The zero-order valence-corrected chi connectivity index (χ0v) is 10.3. The Balaban J connectivity index is 2.71. The second-order valence-corrected chi connectivity index (χ2v) is 4.33. The zero-order valence-electron chi connectivity index (χ0n) is 9.45. The van der Waals surface area contributed by atoms with E-state index in [4.69, 9.17) is 18.0 Å². The van der Waals surface area contributed by atoms with Gasteiger partial charge in [0, 0.05) is 5.39 Å². The maximum Gasteiger partial charge on any atom is 0.122 e. The molecular weight excluding hydrogens is 216 g/mol. The second kappa shape index (κ2) is 4.18. The Morgan fingerprint density at radius 2 is 2.12 bits per heavy atom. The molecule has 1 aromatic heterocycles. The Labute approximate surface area is 100 Å². The number of thiocarbonyl (C=S) groups is 1. The van der Waals surface area contributed by atoms with Crippen LogP contribution in [0.4, 0.5) is 0 Å². The molecule has 2 aromatic rings. The first-order valence-electron chi connectivity index (χ1n) is 5.32. The highest BCUT2D eigenvalue weighted by Gasteiger charge is 2.05. The Morgan fingerprint density at radius 1 is 1.38 bits per heavy atom. The van der Waals surface area contributed by atoms with Gasteiger partial charge in [-0.1, -0.05) is 25.2 Å². The highest BCUT2D eigenvalue weighted by Crippen LogP contribution is 2.19. The minimum absolute atomic E-state index is 0.351. The van der Waals surface area contributed by atoms with Gasteiger partial charge in [0.05, 0.1) is 11.2 Å². The molecule has 0 bridgehead atoms. The molecule has 82 valence electrons. The smallest absolute Gasteiger partial charge is 0.122 e. The number of aromatic nitrogens is 1. The minimum Gasteiger partial charge on any atom is -0.388 e. The van der Waals surface area contributed by atoms with Gasteiger partial charge < -0.3 is 5.73 Å². The number of hydrogen-bond donors (Lipinski definition) is 1. The van der Waals surface area contributed by atoms with Crippen molar-refractivity contribution in [3.8, 4) is 0 Å². The van der Waals surface area contributed by atoms with Gasteiger partial charge in [-0.3, -0.25) is 0 Å². The van der Waals surface area contributed by atoms with E-state index in [9.17, 15) is 0 Å². The molecule has 0 aliphatic rings. The fourth-order valence-electron chi connectivity index (χ4n) is 1.79. The van der Waals surface area contributed by atoms with Crippen LogP contribution in [0.1, 0.15) is 23.7 Å². The van der Waals surface area contributed by atoms with Crippen LogP contribution in [-0.4, -0.2) is 9.97 Å². The number of aryl methyl sites for hydroxylation is 2. The SMILES string of the molecule is CCc1ccc2nc(C(N)=S)cc(C)c2c1. The molecule has 0 amide bonds. The zero-order chi connectivity index (χ0) is 11.7. The van der Waals surface area contributed by atoms with Gasteiger partial charge in [-0.05, 0) is 42.7 Å². The van der Waals surface area contributed by atoms with Crippen molar-refractivity contribution in [1.29, 1.82) is 0 Å². The van der Waals surface area contributed by atoms with Crippen LogP contribution in [0.15, 0.2) is 24.3 Å². The van der Waals surface area contributed by atoms with Crippen molar-refractivity contribution >= 4 is 28.1 Å². The summed E-state index contributed by atoms with van der Waals surface area (Å²) >= 11 is 4.95. The summed E-state index contributed by atoms with van der Waals surface area (Å²) in [4.78, 5) is 4.80.